The van der Waals surface area contributed by atoms with Crippen molar-refractivity contribution in [1.29, 1.82) is 0 Å². The SMILES string of the molecule is Cc1ccc(OCC(=O)O)c(N)c1. The van der Waals surface area contributed by atoms with Crippen LogP contribution in [0.25, 0.3) is 0 Å². The number of rotatable bonds is 3. The van der Waals surface area contributed by atoms with Crippen molar-refractivity contribution in [3.8, 4) is 5.75 Å². The normalized spacial score (nSPS) is 9.62. The molecule has 0 amide bonds. The number of aliphatic carboxylic acids is 1. The molecule has 0 radical (unpaired) electrons. The third-order valence-electron chi connectivity index (χ3n) is 1.52. The Morgan fingerprint density at radius 1 is 1.62 bits per heavy atom. The number of carbonyl (C=O) groups is 1. The fraction of sp³-hybridized carbons (Fsp3) is 0.222. The summed E-state index contributed by atoms with van der Waals surface area (Å²) in [4.78, 5) is 10.2. The summed E-state index contributed by atoms with van der Waals surface area (Å²) in [7, 11) is 0. The van der Waals surface area contributed by atoms with Crippen LogP contribution in [0.3, 0.4) is 0 Å². The van der Waals surface area contributed by atoms with Crippen LogP contribution in [0.15, 0.2) is 18.2 Å². The summed E-state index contributed by atoms with van der Waals surface area (Å²) < 4.78 is 4.93. The van der Waals surface area contributed by atoms with Gasteiger partial charge in [-0.05, 0) is 24.6 Å². The smallest absolute Gasteiger partial charge is 0.341 e. The van der Waals surface area contributed by atoms with Crippen molar-refractivity contribution in [2.24, 2.45) is 0 Å². The fourth-order valence-corrected chi connectivity index (χ4v) is 0.939. The number of hydrogen-bond acceptors (Lipinski definition) is 3. The molecule has 0 aliphatic rings. The maximum atomic E-state index is 10.2. The van der Waals surface area contributed by atoms with E-state index in [4.69, 9.17) is 15.6 Å². The summed E-state index contributed by atoms with van der Waals surface area (Å²) in [5.74, 6) is -0.604. The van der Waals surface area contributed by atoms with Gasteiger partial charge in [0.1, 0.15) is 5.75 Å². The predicted molar refractivity (Wildman–Crippen MR) is 48.7 cm³/mol. The number of aryl methyl sites for hydroxylation is 1. The van der Waals surface area contributed by atoms with Gasteiger partial charge in [-0.3, -0.25) is 0 Å². The molecule has 3 N–H and O–H groups in total. The molecule has 0 spiro atoms. The average molecular weight is 181 g/mol. The van der Waals surface area contributed by atoms with E-state index < -0.39 is 5.97 Å². The van der Waals surface area contributed by atoms with Gasteiger partial charge in [-0.25, -0.2) is 4.79 Å². The van der Waals surface area contributed by atoms with Crippen LogP contribution in [0.5, 0.6) is 5.75 Å². The van der Waals surface area contributed by atoms with E-state index in [1.165, 1.54) is 0 Å². The number of benzene rings is 1. The molecule has 0 aliphatic heterocycles. The number of carboxylic acid groups (broad SMARTS) is 1. The Bertz CT molecular complexity index is 323. The predicted octanol–water partition coefficient (Wildman–Crippen LogP) is 1.04. The van der Waals surface area contributed by atoms with Crippen molar-refractivity contribution in [2.75, 3.05) is 12.3 Å². The van der Waals surface area contributed by atoms with Gasteiger partial charge in [0.25, 0.3) is 0 Å². The van der Waals surface area contributed by atoms with E-state index in [2.05, 4.69) is 0 Å². The largest absolute Gasteiger partial charge is 0.480 e. The Balaban J connectivity index is 2.72. The van der Waals surface area contributed by atoms with Crippen molar-refractivity contribution in [2.45, 2.75) is 6.92 Å². The number of anilines is 1. The van der Waals surface area contributed by atoms with Crippen molar-refractivity contribution < 1.29 is 14.6 Å². The minimum atomic E-state index is -1.01. The number of carboxylic acids is 1. The minimum Gasteiger partial charge on any atom is -0.480 e. The van der Waals surface area contributed by atoms with Crippen LogP contribution in [0.4, 0.5) is 5.69 Å². The number of nitrogen functional groups attached to an aromatic ring is 1. The van der Waals surface area contributed by atoms with Gasteiger partial charge < -0.3 is 15.6 Å². The molecule has 0 saturated carbocycles. The molecule has 1 aromatic rings. The minimum absolute atomic E-state index is 0.368. The molecule has 0 heterocycles. The Labute approximate surface area is 75.9 Å². The van der Waals surface area contributed by atoms with Gasteiger partial charge >= 0.3 is 5.97 Å². The quantitative estimate of drug-likeness (QED) is 0.683. The zero-order valence-electron chi connectivity index (χ0n) is 7.28. The van der Waals surface area contributed by atoms with E-state index >= 15 is 0 Å². The lowest BCUT2D eigenvalue weighted by molar-refractivity contribution is -0.139. The molecule has 0 saturated heterocycles. The first-order chi connectivity index (χ1) is 6.09. The lowest BCUT2D eigenvalue weighted by Crippen LogP contribution is -2.10. The summed E-state index contributed by atoms with van der Waals surface area (Å²) in [6, 6.07) is 5.21. The fourth-order valence-electron chi connectivity index (χ4n) is 0.939. The Morgan fingerprint density at radius 2 is 2.31 bits per heavy atom. The van der Waals surface area contributed by atoms with E-state index in [9.17, 15) is 4.79 Å². The molecule has 70 valence electrons. The Morgan fingerprint density at radius 3 is 2.85 bits per heavy atom. The molecule has 0 bridgehead atoms. The molecule has 0 atom stereocenters. The van der Waals surface area contributed by atoms with Crippen molar-refractivity contribution in [3.05, 3.63) is 23.8 Å². The van der Waals surface area contributed by atoms with Gasteiger partial charge in [0, 0.05) is 0 Å². The van der Waals surface area contributed by atoms with E-state index in [0.717, 1.165) is 5.56 Å². The second-order valence-corrected chi connectivity index (χ2v) is 2.72. The maximum Gasteiger partial charge on any atom is 0.341 e. The van der Waals surface area contributed by atoms with Crippen LogP contribution in [0.1, 0.15) is 5.56 Å². The lowest BCUT2D eigenvalue weighted by atomic mass is 10.2. The first-order valence-corrected chi connectivity index (χ1v) is 3.80. The van der Waals surface area contributed by atoms with Crippen LogP contribution in [-0.4, -0.2) is 17.7 Å². The molecule has 4 nitrogen and oxygen atoms in total. The highest BCUT2D eigenvalue weighted by Gasteiger charge is 2.02. The van der Waals surface area contributed by atoms with Crippen molar-refractivity contribution in [3.63, 3.8) is 0 Å². The zero-order chi connectivity index (χ0) is 9.84. The van der Waals surface area contributed by atoms with Crippen molar-refractivity contribution >= 4 is 11.7 Å². The zero-order valence-corrected chi connectivity index (χ0v) is 7.28. The van der Waals surface area contributed by atoms with E-state index in [1.54, 1.807) is 12.1 Å². The molecule has 0 fully saturated rings. The summed E-state index contributed by atoms with van der Waals surface area (Å²) in [5, 5.41) is 8.35. The monoisotopic (exact) mass is 181 g/mol. The van der Waals surface area contributed by atoms with E-state index in [0.29, 0.717) is 11.4 Å². The van der Waals surface area contributed by atoms with Crippen molar-refractivity contribution in [1.82, 2.24) is 0 Å². The van der Waals surface area contributed by atoms with Gasteiger partial charge in [-0.15, -0.1) is 0 Å². The summed E-state index contributed by atoms with van der Waals surface area (Å²) >= 11 is 0. The number of nitrogens with two attached hydrogens (primary N) is 1. The third kappa shape index (κ3) is 2.66. The molecule has 1 rings (SSSR count). The second kappa shape index (κ2) is 3.80. The Hall–Kier alpha value is -1.71. The molecule has 4 heteroatoms. The van der Waals surface area contributed by atoms with Crippen LogP contribution >= 0.6 is 0 Å². The van der Waals surface area contributed by atoms with Crippen LogP contribution in [0.2, 0.25) is 0 Å². The van der Waals surface area contributed by atoms with Gasteiger partial charge in [-0.2, -0.15) is 0 Å². The third-order valence-corrected chi connectivity index (χ3v) is 1.52. The lowest BCUT2D eigenvalue weighted by Gasteiger charge is -2.06. The average Bonchev–Trinajstić information content (AvgIpc) is 2.02. The topological polar surface area (TPSA) is 72.5 Å². The standard InChI is InChI=1S/C9H11NO3/c1-6-2-3-8(7(10)4-6)13-5-9(11)12/h2-4H,5,10H2,1H3,(H,11,12). The molecular weight excluding hydrogens is 170 g/mol. The van der Waals surface area contributed by atoms with Crippen LogP contribution in [0, 0.1) is 6.92 Å². The molecule has 13 heavy (non-hydrogen) atoms. The summed E-state index contributed by atoms with van der Waals surface area (Å²) in [6.45, 7) is 1.53. The highest BCUT2D eigenvalue weighted by Crippen LogP contribution is 2.21. The van der Waals surface area contributed by atoms with E-state index in [-0.39, 0.29) is 6.61 Å². The molecule has 0 aliphatic carbocycles. The molecular formula is C9H11NO3. The molecule has 1 aromatic carbocycles. The molecule has 0 unspecified atom stereocenters. The van der Waals surface area contributed by atoms with E-state index in [1.807, 2.05) is 13.0 Å². The van der Waals surface area contributed by atoms with Gasteiger partial charge in [0.05, 0.1) is 5.69 Å². The first kappa shape index (κ1) is 9.38. The van der Waals surface area contributed by atoms with Gasteiger partial charge in [-0.1, -0.05) is 6.07 Å². The summed E-state index contributed by atoms with van der Waals surface area (Å²) in [5.41, 5.74) is 7.06. The highest BCUT2D eigenvalue weighted by molar-refractivity contribution is 5.69. The number of hydrogen-bond donors (Lipinski definition) is 2. The van der Waals surface area contributed by atoms with Crippen LogP contribution in [-0.2, 0) is 4.79 Å². The molecule has 0 aromatic heterocycles. The number of ether oxygens (including phenoxy) is 1. The van der Waals surface area contributed by atoms with Gasteiger partial charge in [0.2, 0.25) is 0 Å². The maximum absolute atomic E-state index is 10.2. The van der Waals surface area contributed by atoms with Crippen LogP contribution < -0.4 is 10.5 Å². The highest BCUT2D eigenvalue weighted by atomic mass is 16.5. The second-order valence-electron chi connectivity index (χ2n) is 2.72. The summed E-state index contributed by atoms with van der Waals surface area (Å²) in [6.07, 6.45) is 0. The first-order valence-electron chi connectivity index (χ1n) is 3.80. The van der Waals surface area contributed by atoms with Gasteiger partial charge in [0.15, 0.2) is 6.61 Å². The Kier molecular flexibility index (Phi) is 2.74.